The minimum atomic E-state index is -0.577. The summed E-state index contributed by atoms with van der Waals surface area (Å²) < 4.78 is 13.7. The molecule has 7 heteroatoms. The molecule has 2 aromatic rings. The SMILES string of the molecule is O=C(c1ccncc1F)N1CCN(c2ccc(C3CC3)nn2)CC1. The highest BCUT2D eigenvalue weighted by Gasteiger charge is 2.27. The molecule has 0 aromatic carbocycles. The lowest BCUT2D eigenvalue weighted by atomic mass is 10.2. The molecule has 0 radical (unpaired) electrons. The van der Waals surface area contributed by atoms with Crippen LogP contribution >= 0.6 is 0 Å². The topological polar surface area (TPSA) is 62.2 Å². The van der Waals surface area contributed by atoms with Gasteiger partial charge in [0, 0.05) is 38.3 Å². The van der Waals surface area contributed by atoms with Gasteiger partial charge in [-0.15, -0.1) is 5.10 Å². The number of pyridine rings is 1. The monoisotopic (exact) mass is 327 g/mol. The van der Waals surface area contributed by atoms with Gasteiger partial charge in [0.05, 0.1) is 17.5 Å². The molecule has 1 aliphatic heterocycles. The predicted octanol–water partition coefficient (Wildman–Crippen LogP) is 1.85. The van der Waals surface area contributed by atoms with E-state index in [-0.39, 0.29) is 11.5 Å². The summed E-state index contributed by atoms with van der Waals surface area (Å²) in [4.78, 5) is 19.9. The normalized spacial score (nSPS) is 17.9. The molecule has 0 bridgehead atoms. The Bertz CT molecular complexity index is 739. The quantitative estimate of drug-likeness (QED) is 0.861. The summed E-state index contributed by atoms with van der Waals surface area (Å²) in [6, 6.07) is 5.47. The molecule has 2 fully saturated rings. The summed E-state index contributed by atoms with van der Waals surface area (Å²) in [5.41, 5.74) is 1.15. The van der Waals surface area contributed by atoms with Crippen molar-refractivity contribution in [2.45, 2.75) is 18.8 Å². The number of carbonyl (C=O) groups excluding carboxylic acids is 1. The number of hydrogen-bond donors (Lipinski definition) is 0. The van der Waals surface area contributed by atoms with Crippen molar-refractivity contribution in [3.63, 3.8) is 0 Å². The van der Waals surface area contributed by atoms with E-state index in [2.05, 4.69) is 20.1 Å². The number of carbonyl (C=O) groups is 1. The second-order valence-electron chi connectivity index (χ2n) is 6.23. The molecule has 1 amide bonds. The molecule has 1 aliphatic carbocycles. The van der Waals surface area contributed by atoms with E-state index in [9.17, 15) is 9.18 Å². The Morgan fingerprint density at radius 3 is 2.50 bits per heavy atom. The maximum Gasteiger partial charge on any atom is 0.257 e. The first kappa shape index (κ1) is 15.0. The van der Waals surface area contributed by atoms with Crippen molar-refractivity contribution in [3.05, 3.63) is 47.7 Å². The van der Waals surface area contributed by atoms with Crippen LogP contribution in [-0.4, -0.2) is 52.2 Å². The fourth-order valence-corrected chi connectivity index (χ4v) is 2.96. The van der Waals surface area contributed by atoms with E-state index >= 15 is 0 Å². The van der Waals surface area contributed by atoms with Gasteiger partial charge in [-0.2, -0.15) is 5.10 Å². The second kappa shape index (κ2) is 6.14. The smallest absolute Gasteiger partial charge is 0.257 e. The van der Waals surface area contributed by atoms with E-state index < -0.39 is 5.82 Å². The van der Waals surface area contributed by atoms with Crippen molar-refractivity contribution < 1.29 is 9.18 Å². The van der Waals surface area contributed by atoms with E-state index in [1.807, 2.05) is 12.1 Å². The van der Waals surface area contributed by atoms with E-state index in [1.165, 1.54) is 25.1 Å². The summed E-state index contributed by atoms with van der Waals surface area (Å²) in [5, 5.41) is 8.61. The molecule has 6 nitrogen and oxygen atoms in total. The van der Waals surface area contributed by atoms with Crippen molar-refractivity contribution >= 4 is 11.7 Å². The zero-order valence-electron chi connectivity index (χ0n) is 13.2. The Hall–Kier alpha value is -2.57. The van der Waals surface area contributed by atoms with Gasteiger partial charge in [0.15, 0.2) is 11.6 Å². The van der Waals surface area contributed by atoms with Crippen molar-refractivity contribution in [2.75, 3.05) is 31.1 Å². The molecule has 0 unspecified atom stereocenters. The third-order valence-electron chi connectivity index (χ3n) is 4.56. The largest absolute Gasteiger partial charge is 0.352 e. The fraction of sp³-hybridized carbons (Fsp3) is 0.412. The molecule has 24 heavy (non-hydrogen) atoms. The minimum absolute atomic E-state index is 0.0760. The van der Waals surface area contributed by atoms with Crippen LogP contribution in [0.15, 0.2) is 30.6 Å². The van der Waals surface area contributed by atoms with Crippen molar-refractivity contribution in [1.82, 2.24) is 20.1 Å². The standard InChI is InChI=1S/C17H18FN5O/c18-14-11-19-6-5-13(14)17(24)23-9-7-22(8-10-23)16-4-3-15(20-21-16)12-1-2-12/h3-6,11-12H,1-2,7-10H2. The first-order chi connectivity index (χ1) is 11.7. The molecule has 124 valence electrons. The number of aromatic nitrogens is 3. The molecule has 0 atom stereocenters. The van der Waals surface area contributed by atoms with Crippen LogP contribution in [0.3, 0.4) is 0 Å². The lowest BCUT2D eigenvalue weighted by Gasteiger charge is -2.35. The van der Waals surface area contributed by atoms with Gasteiger partial charge in [0.1, 0.15) is 0 Å². The van der Waals surface area contributed by atoms with E-state index in [1.54, 1.807) is 4.90 Å². The zero-order chi connectivity index (χ0) is 16.5. The maximum atomic E-state index is 13.7. The van der Waals surface area contributed by atoms with Gasteiger partial charge in [0.2, 0.25) is 0 Å². The van der Waals surface area contributed by atoms with Crippen LogP contribution in [0.25, 0.3) is 0 Å². The lowest BCUT2D eigenvalue weighted by molar-refractivity contribution is 0.0741. The van der Waals surface area contributed by atoms with Crippen LogP contribution in [-0.2, 0) is 0 Å². The third kappa shape index (κ3) is 2.93. The van der Waals surface area contributed by atoms with Gasteiger partial charge in [0.25, 0.3) is 5.91 Å². The first-order valence-electron chi connectivity index (χ1n) is 8.20. The Labute approximate surface area is 139 Å². The van der Waals surface area contributed by atoms with Crippen LogP contribution in [0.5, 0.6) is 0 Å². The summed E-state index contributed by atoms with van der Waals surface area (Å²) in [6.07, 6.45) is 4.92. The van der Waals surface area contributed by atoms with Crippen molar-refractivity contribution in [2.24, 2.45) is 0 Å². The molecular formula is C17H18FN5O. The van der Waals surface area contributed by atoms with E-state index in [4.69, 9.17) is 0 Å². The molecular weight excluding hydrogens is 309 g/mol. The highest BCUT2D eigenvalue weighted by atomic mass is 19.1. The molecule has 2 aliphatic rings. The molecule has 2 aromatic heterocycles. The van der Waals surface area contributed by atoms with Gasteiger partial charge in [-0.1, -0.05) is 0 Å². The Kier molecular flexibility index (Phi) is 3.84. The second-order valence-corrected chi connectivity index (χ2v) is 6.23. The van der Waals surface area contributed by atoms with Crippen LogP contribution in [0.4, 0.5) is 10.2 Å². The van der Waals surface area contributed by atoms with Gasteiger partial charge >= 0.3 is 0 Å². The van der Waals surface area contributed by atoms with Gasteiger partial charge in [-0.25, -0.2) is 4.39 Å². The highest BCUT2D eigenvalue weighted by Crippen LogP contribution is 2.38. The van der Waals surface area contributed by atoms with Crippen molar-refractivity contribution in [3.8, 4) is 0 Å². The highest BCUT2D eigenvalue weighted by molar-refractivity contribution is 5.94. The lowest BCUT2D eigenvalue weighted by Crippen LogP contribution is -2.49. The minimum Gasteiger partial charge on any atom is -0.352 e. The maximum absolute atomic E-state index is 13.7. The summed E-state index contributed by atoms with van der Waals surface area (Å²) in [5.74, 6) is 0.564. The number of nitrogens with zero attached hydrogens (tertiary/aromatic N) is 5. The van der Waals surface area contributed by atoms with Crippen LogP contribution in [0, 0.1) is 5.82 Å². The molecule has 4 rings (SSSR count). The van der Waals surface area contributed by atoms with Gasteiger partial charge in [-0.05, 0) is 31.0 Å². The summed E-state index contributed by atoms with van der Waals surface area (Å²) in [7, 11) is 0. The third-order valence-corrected chi connectivity index (χ3v) is 4.56. The Morgan fingerprint density at radius 1 is 1.08 bits per heavy atom. The van der Waals surface area contributed by atoms with Crippen molar-refractivity contribution in [1.29, 1.82) is 0 Å². The summed E-state index contributed by atoms with van der Waals surface area (Å²) in [6.45, 7) is 2.39. The number of halogens is 1. The van der Waals surface area contributed by atoms with Gasteiger partial charge < -0.3 is 9.80 Å². The molecule has 0 N–H and O–H groups in total. The molecule has 0 spiro atoms. The number of anilines is 1. The number of amides is 1. The average Bonchev–Trinajstić information content (AvgIpc) is 3.47. The Morgan fingerprint density at radius 2 is 1.88 bits per heavy atom. The van der Waals surface area contributed by atoms with E-state index in [0.29, 0.717) is 32.1 Å². The number of piperazine rings is 1. The molecule has 1 saturated heterocycles. The van der Waals surface area contributed by atoms with Gasteiger partial charge in [-0.3, -0.25) is 9.78 Å². The van der Waals surface area contributed by atoms with Crippen LogP contribution in [0.1, 0.15) is 34.8 Å². The summed E-state index contributed by atoms with van der Waals surface area (Å²) >= 11 is 0. The Balaban J connectivity index is 1.39. The average molecular weight is 327 g/mol. The number of rotatable bonds is 3. The van der Waals surface area contributed by atoms with Crippen LogP contribution < -0.4 is 4.90 Å². The first-order valence-corrected chi connectivity index (χ1v) is 8.20. The molecule has 3 heterocycles. The number of hydrogen-bond acceptors (Lipinski definition) is 5. The predicted molar refractivity (Wildman–Crippen MR) is 86.3 cm³/mol. The zero-order valence-corrected chi connectivity index (χ0v) is 13.2. The molecule has 1 saturated carbocycles. The van der Waals surface area contributed by atoms with E-state index in [0.717, 1.165) is 17.7 Å². The fourth-order valence-electron chi connectivity index (χ4n) is 2.96. The van der Waals surface area contributed by atoms with Crippen LogP contribution in [0.2, 0.25) is 0 Å².